The van der Waals surface area contributed by atoms with Gasteiger partial charge in [-0.3, -0.25) is 0 Å². The highest BCUT2D eigenvalue weighted by molar-refractivity contribution is 5.06. The van der Waals surface area contributed by atoms with Crippen molar-refractivity contribution in [1.29, 1.82) is 0 Å². The molecule has 0 aromatic heterocycles. The second-order valence-electron chi connectivity index (χ2n) is 6.37. The Morgan fingerprint density at radius 3 is 2.56 bits per heavy atom. The predicted molar refractivity (Wildman–Crippen MR) is 68.2 cm³/mol. The summed E-state index contributed by atoms with van der Waals surface area (Å²) in [6.45, 7) is 10.8. The van der Waals surface area contributed by atoms with Crippen LogP contribution in [0.2, 0.25) is 0 Å². The highest BCUT2D eigenvalue weighted by Gasteiger charge is 2.50. The number of fused-ring (bicyclic) bond motifs is 1. The predicted octanol–water partition coefficient (Wildman–Crippen LogP) is 3.78. The fraction of sp³-hybridized carbons (Fsp3) is 0.867. The summed E-state index contributed by atoms with van der Waals surface area (Å²) in [6, 6.07) is 0. The topological polar surface area (TPSA) is 20.2 Å². The lowest BCUT2D eigenvalue weighted by Gasteiger charge is -2.35. The zero-order chi connectivity index (χ0) is 11.9. The van der Waals surface area contributed by atoms with Gasteiger partial charge in [-0.15, -0.1) is 0 Å². The summed E-state index contributed by atoms with van der Waals surface area (Å²) in [5, 5.41) is 10.9. The Morgan fingerprint density at radius 2 is 1.94 bits per heavy atom. The summed E-state index contributed by atoms with van der Waals surface area (Å²) in [4.78, 5) is 0. The van der Waals surface area contributed by atoms with Gasteiger partial charge in [0.15, 0.2) is 0 Å². The van der Waals surface area contributed by atoms with E-state index >= 15 is 0 Å². The van der Waals surface area contributed by atoms with Gasteiger partial charge in [0.05, 0.1) is 5.60 Å². The SMILES string of the molecule is C=C(C)C1CCC(C)C2(O)CCC(C)C2C1. The highest BCUT2D eigenvalue weighted by Crippen LogP contribution is 2.52. The Bertz CT molecular complexity index is 283. The van der Waals surface area contributed by atoms with Crippen molar-refractivity contribution in [1.82, 2.24) is 0 Å². The molecule has 5 atom stereocenters. The molecule has 2 rings (SSSR count). The third-order valence-electron chi connectivity index (χ3n) is 5.37. The molecular formula is C15H26O. The largest absolute Gasteiger partial charge is 0.389 e. The van der Waals surface area contributed by atoms with Gasteiger partial charge < -0.3 is 5.11 Å². The van der Waals surface area contributed by atoms with E-state index in [1.807, 2.05) is 0 Å². The van der Waals surface area contributed by atoms with Crippen LogP contribution in [0.3, 0.4) is 0 Å². The van der Waals surface area contributed by atoms with Crippen molar-refractivity contribution in [3.05, 3.63) is 12.2 Å². The minimum atomic E-state index is -0.371. The summed E-state index contributed by atoms with van der Waals surface area (Å²) in [5.41, 5.74) is 0.944. The van der Waals surface area contributed by atoms with Crippen LogP contribution in [0.5, 0.6) is 0 Å². The van der Waals surface area contributed by atoms with E-state index < -0.39 is 0 Å². The first-order valence-corrected chi connectivity index (χ1v) is 6.83. The minimum absolute atomic E-state index is 0.371. The summed E-state index contributed by atoms with van der Waals surface area (Å²) in [6.07, 6.45) is 5.77. The standard InChI is InChI=1S/C15H26O/c1-10(2)13-6-5-12(4)15(16)8-7-11(3)14(15)9-13/h11-14,16H,1,5-9H2,2-4H3. The summed E-state index contributed by atoms with van der Waals surface area (Å²) >= 11 is 0. The number of hydrogen-bond acceptors (Lipinski definition) is 1. The molecule has 0 aromatic rings. The van der Waals surface area contributed by atoms with E-state index in [0.717, 1.165) is 19.3 Å². The van der Waals surface area contributed by atoms with Crippen molar-refractivity contribution in [2.24, 2.45) is 23.7 Å². The Balaban J connectivity index is 2.23. The summed E-state index contributed by atoms with van der Waals surface area (Å²) in [7, 11) is 0. The number of hydrogen-bond donors (Lipinski definition) is 1. The Morgan fingerprint density at radius 1 is 1.25 bits per heavy atom. The van der Waals surface area contributed by atoms with Gasteiger partial charge in [0.25, 0.3) is 0 Å². The molecule has 0 bridgehead atoms. The maximum atomic E-state index is 10.9. The molecule has 5 unspecified atom stereocenters. The average Bonchev–Trinajstić information content (AvgIpc) is 2.43. The molecule has 92 valence electrons. The van der Waals surface area contributed by atoms with Crippen molar-refractivity contribution in [3.8, 4) is 0 Å². The summed E-state index contributed by atoms with van der Waals surface area (Å²) < 4.78 is 0. The van der Waals surface area contributed by atoms with Crippen molar-refractivity contribution in [3.63, 3.8) is 0 Å². The van der Waals surface area contributed by atoms with Crippen molar-refractivity contribution in [2.75, 3.05) is 0 Å². The first-order valence-electron chi connectivity index (χ1n) is 6.83. The van der Waals surface area contributed by atoms with E-state index in [1.54, 1.807) is 0 Å². The Kier molecular flexibility index (Phi) is 3.18. The molecular weight excluding hydrogens is 196 g/mol. The van der Waals surface area contributed by atoms with Crippen molar-refractivity contribution >= 4 is 0 Å². The molecule has 0 amide bonds. The number of aliphatic hydroxyl groups is 1. The first-order chi connectivity index (χ1) is 7.45. The minimum Gasteiger partial charge on any atom is -0.389 e. The second kappa shape index (κ2) is 4.18. The molecule has 0 radical (unpaired) electrons. The molecule has 2 aliphatic carbocycles. The van der Waals surface area contributed by atoms with Gasteiger partial charge in [-0.05, 0) is 62.7 Å². The molecule has 1 N–H and O–H groups in total. The fourth-order valence-corrected chi connectivity index (χ4v) is 3.96. The molecule has 2 saturated carbocycles. The van der Waals surface area contributed by atoms with Gasteiger partial charge in [-0.2, -0.15) is 0 Å². The zero-order valence-corrected chi connectivity index (χ0v) is 11.0. The molecule has 2 aliphatic rings. The van der Waals surface area contributed by atoms with Crippen LogP contribution in [-0.4, -0.2) is 10.7 Å². The molecule has 0 aromatic carbocycles. The van der Waals surface area contributed by atoms with Crippen molar-refractivity contribution in [2.45, 2.75) is 58.5 Å². The lowest BCUT2D eigenvalue weighted by Crippen LogP contribution is -2.40. The maximum Gasteiger partial charge on any atom is 0.0704 e. The molecule has 1 nitrogen and oxygen atoms in total. The van der Waals surface area contributed by atoms with E-state index in [2.05, 4.69) is 27.4 Å². The molecule has 2 fully saturated rings. The second-order valence-corrected chi connectivity index (χ2v) is 6.37. The summed E-state index contributed by atoms with van der Waals surface area (Å²) in [5.74, 6) is 2.30. The molecule has 0 spiro atoms. The molecule has 0 heterocycles. The van der Waals surface area contributed by atoms with E-state index in [-0.39, 0.29) is 5.60 Å². The van der Waals surface area contributed by atoms with Crippen LogP contribution in [0.1, 0.15) is 52.9 Å². The van der Waals surface area contributed by atoms with Gasteiger partial charge in [-0.25, -0.2) is 0 Å². The smallest absolute Gasteiger partial charge is 0.0704 e. The van der Waals surface area contributed by atoms with Crippen molar-refractivity contribution < 1.29 is 5.11 Å². The van der Waals surface area contributed by atoms with Crippen LogP contribution in [0.15, 0.2) is 12.2 Å². The van der Waals surface area contributed by atoms with Gasteiger partial charge >= 0.3 is 0 Å². The average molecular weight is 222 g/mol. The van der Waals surface area contributed by atoms with E-state index in [9.17, 15) is 5.11 Å². The quantitative estimate of drug-likeness (QED) is 0.669. The van der Waals surface area contributed by atoms with Gasteiger partial charge in [0.1, 0.15) is 0 Å². The number of rotatable bonds is 1. The lowest BCUT2D eigenvalue weighted by atomic mass is 9.76. The normalized spacial score (nSPS) is 48.5. The van der Waals surface area contributed by atoms with Gasteiger partial charge in [0, 0.05) is 0 Å². The van der Waals surface area contributed by atoms with Gasteiger partial charge in [-0.1, -0.05) is 26.0 Å². The van der Waals surface area contributed by atoms with Crippen LogP contribution < -0.4 is 0 Å². The van der Waals surface area contributed by atoms with Crippen LogP contribution in [0.25, 0.3) is 0 Å². The molecule has 1 heteroatoms. The highest BCUT2D eigenvalue weighted by atomic mass is 16.3. The Hall–Kier alpha value is -0.300. The van der Waals surface area contributed by atoms with Crippen LogP contribution >= 0.6 is 0 Å². The van der Waals surface area contributed by atoms with Crippen LogP contribution in [-0.2, 0) is 0 Å². The van der Waals surface area contributed by atoms with E-state index in [4.69, 9.17) is 0 Å². The van der Waals surface area contributed by atoms with Gasteiger partial charge in [0.2, 0.25) is 0 Å². The molecule has 0 aliphatic heterocycles. The van der Waals surface area contributed by atoms with Crippen LogP contribution in [0.4, 0.5) is 0 Å². The molecule has 16 heavy (non-hydrogen) atoms. The zero-order valence-electron chi connectivity index (χ0n) is 11.0. The Labute approximate surface area is 99.9 Å². The first kappa shape index (κ1) is 12.2. The maximum absolute atomic E-state index is 10.9. The van der Waals surface area contributed by atoms with E-state index in [1.165, 1.54) is 18.4 Å². The monoisotopic (exact) mass is 222 g/mol. The number of allylic oxidation sites excluding steroid dienone is 1. The van der Waals surface area contributed by atoms with E-state index in [0.29, 0.717) is 23.7 Å². The third-order valence-corrected chi connectivity index (χ3v) is 5.37. The third kappa shape index (κ3) is 1.84. The fourth-order valence-electron chi connectivity index (χ4n) is 3.96. The van der Waals surface area contributed by atoms with Crippen LogP contribution in [0, 0.1) is 23.7 Å². The molecule has 0 saturated heterocycles. The lowest BCUT2D eigenvalue weighted by molar-refractivity contribution is -0.0511.